The molecule has 1 saturated carbocycles. The molecule has 1 aliphatic rings. The molecule has 0 spiro atoms. The molecule has 2 rings (SSSR count). The Labute approximate surface area is 143 Å². The van der Waals surface area contributed by atoms with Crippen LogP contribution in [0.25, 0.3) is 0 Å². The number of benzene rings is 1. The van der Waals surface area contributed by atoms with Crippen LogP contribution in [0.1, 0.15) is 56.3 Å². The van der Waals surface area contributed by atoms with Crippen molar-refractivity contribution in [1.82, 2.24) is 0 Å². The topological polar surface area (TPSA) is 61.8 Å². The predicted molar refractivity (Wildman–Crippen MR) is 90.0 cm³/mol. The second-order valence-corrected chi connectivity index (χ2v) is 6.44. The minimum absolute atomic E-state index is 0.189. The van der Waals surface area contributed by atoms with Crippen LogP contribution in [-0.4, -0.2) is 31.3 Å². The number of ether oxygens (including phenoxy) is 3. The van der Waals surface area contributed by atoms with Gasteiger partial charge in [-0.05, 0) is 49.9 Å². The number of esters is 2. The SMILES string of the molecule is COc1ccc(C(=O)OC2CCCCCC2OC(=O)C(C)C)cc1. The molecule has 0 saturated heterocycles. The Hall–Kier alpha value is -2.04. The average Bonchev–Trinajstić information content (AvgIpc) is 2.80. The quantitative estimate of drug-likeness (QED) is 0.606. The largest absolute Gasteiger partial charge is 0.497 e. The van der Waals surface area contributed by atoms with Gasteiger partial charge in [0.2, 0.25) is 0 Å². The minimum atomic E-state index is -0.393. The lowest BCUT2D eigenvalue weighted by Gasteiger charge is -2.26. The van der Waals surface area contributed by atoms with E-state index in [0.29, 0.717) is 11.3 Å². The number of carbonyl (C=O) groups is 2. The van der Waals surface area contributed by atoms with Gasteiger partial charge in [-0.1, -0.05) is 20.3 Å². The smallest absolute Gasteiger partial charge is 0.338 e. The Kier molecular flexibility index (Phi) is 6.64. The molecule has 24 heavy (non-hydrogen) atoms. The van der Waals surface area contributed by atoms with E-state index >= 15 is 0 Å². The maximum Gasteiger partial charge on any atom is 0.338 e. The molecule has 2 unspecified atom stereocenters. The third-order valence-electron chi connectivity index (χ3n) is 4.22. The van der Waals surface area contributed by atoms with Crippen molar-refractivity contribution in [3.05, 3.63) is 29.8 Å². The fraction of sp³-hybridized carbons (Fsp3) is 0.579. The monoisotopic (exact) mass is 334 g/mol. The van der Waals surface area contributed by atoms with Crippen LogP contribution >= 0.6 is 0 Å². The van der Waals surface area contributed by atoms with Crippen molar-refractivity contribution in [1.29, 1.82) is 0 Å². The fourth-order valence-corrected chi connectivity index (χ4v) is 2.73. The number of rotatable bonds is 5. The zero-order valence-electron chi connectivity index (χ0n) is 14.6. The van der Waals surface area contributed by atoms with Gasteiger partial charge in [0, 0.05) is 0 Å². The first kappa shape index (κ1) is 18.3. The van der Waals surface area contributed by atoms with Crippen LogP contribution in [0.5, 0.6) is 5.75 Å². The number of methoxy groups -OCH3 is 1. The van der Waals surface area contributed by atoms with Crippen molar-refractivity contribution in [2.45, 2.75) is 58.2 Å². The Morgan fingerprint density at radius 3 is 2.08 bits per heavy atom. The highest BCUT2D eigenvalue weighted by Gasteiger charge is 2.31. The molecule has 0 aliphatic heterocycles. The summed E-state index contributed by atoms with van der Waals surface area (Å²) in [5, 5.41) is 0. The lowest BCUT2D eigenvalue weighted by atomic mass is 10.1. The Morgan fingerprint density at radius 1 is 0.958 bits per heavy atom. The van der Waals surface area contributed by atoms with Crippen molar-refractivity contribution in [3.63, 3.8) is 0 Å². The molecule has 2 atom stereocenters. The van der Waals surface area contributed by atoms with Crippen LogP contribution in [0.4, 0.5) is 0 Å². The number of hydrogen-bond donors (Lipinski definition) is 0. The highest BCUT2D eigenvalue weighted by Crippen LogP contribution is 2.25. The molecule has 5 heteroatoms. The van der Waals surface area contributed by atoms with Gasteiger partial charge in [-0.3, -0.25) is 4.79 Å². The molecule has 132 valence electrons. The molecule has 0 amide bonds. The fourth-order valence-electron chi connectivity index (χ4n) is 2.73. The van der Waals surface area contributed by atoms with Gasteiger partial charge in [-0.15, -0.1) is 0 Å². The van der Waals surface area contributed by atoms with Gasteiger partial charge < -0.3 is 14.2 Å². The van der Waals surface area contributed by atoms with Gasteiger partial charge >= 0.3 is 11.9 Å². The van der Waals surface area contributed by atoms with Gasteiger partial charge in [0.15, 0.2) is 0 Å². The molecule has 1 aromatic carbocycles. The summed E-state index contributed by atoms with van der Waals surface area (Å²) in [7, 11) is 1.58. The third-order valence-corrected chi connectivity index (χ3v) is 4.22. The van der Waals surface area contributed by atoms with E-state index < -0.39 is 5.97 Å². The Bertz CT molecular complexity index is 549. The highest BCUT2D eigenvalue weighted by molar-refractivity contribution is 5.89. The summed E-state index contributed by atoms with van der Waals surface area (Å²) in [6.45, 7) is 3.61. The summed E-state index contributed by atoms with van der Waals surface area (Å²) in [4.78, 5) is 24.3. The average molecular weight is 334 g/mol. The summed E-state index contributed by atoms with van der Waals surface area (Å²) >= 11 is 0. The van der Waals surface area contributed by atoms with Gasteiger partial charge in [0.25, 0.3) is 0 Å². The third kappa shape index (κ3) is 4.98. The molecule has 0 radical (unpaired) electrons. The first-order chi connectivity index (χ1) is 11.5. The summed E-state index contributed by atoms with van der Waals surface area (Å²) in [5.74, 6) is -0.140. The number of carbonyl (C=O) groups excluding carboxylic acids is 2. The molecule has 1 aliphatic carbocycles. The molecule has 0 heterocycles. The van der Waals surface area contributed by atoms with Crippen molar-refractivity contribution in [2.24, 2.45) is 5.92 Å². The normalized spacial score (nSPS) is 21.0. The summed E-state index contributed by atoms with van der Waals surface area (Å²) in [5.41, 5.74) is 0.467. The molecule has 5 nitrogen and oxygen atoms in total. The lowest BCUT2D eigenvalue weighted by molar-refractivity contribution is -0.159. The highest BCUT2D eigenvalue weighted by atomic mass is 16.6. The second kappa shape index (κ2) is 8.71. The van der Waals surface area contributed by atoms with E-state index in [1.807, 2.05) is 0 Å². The van der Waals surface area contributed by atoms with Crippen LogP contribution in [0.3, 0.4) is 0 Å². The van der Waals surface area contributed by atoms with Crippen molar-refractivity contribution >= 4 is 11.9 Å². The Morgan fingerprint density at radius 2 is 1.54 bits per heavy atom. The summed E-state index contributed by atoms with van der Waals surface area (Å²) < 4.78 is 16.3. The maximum atomic E-state index is 12.4. The summed E-state index contributed by atoms with van der Waals surface area (Å²) in [6.07, 6.45) is 3.72. The molecular formula is C19H26O5. The first-order valence-electron chi connectivity index (χ1n) is 8.56. The molecule has 1 aromatic rings. The molecule has 0 aromatic heterocycles. The van der Waals surface area contributed by atoms with Gasteiger partial charge in [0.1, 0.15) is 18.0 Å². The Balaban J connectivity index is 2.04. The first-order valence-corrected chi connectivity index (χ1v) is 8.56. The predicted octanol–water partition coefficient (Wildman–Crippen LogP) is 3.75. The van der Waals surface area contributed by atoms with Crippen LogP contribution < -0.4 is 4.74 Å². The molecule has 0 bridgehead atoms. The van der Waals surface area contributed by atoms with Crippen molar-refractivity contribution < 1.29 is 23.8 Å². The summed E-state index contributed by atoms with van der Waals surface area (Å²) in [6, 6.07) is 6.79. The minimum Gasteiger partial charge on any atom is -0.497 e. The lowest BCUT2D eigenvalue weighted by Crippen LogP contribution is -2.35. The van der Waals surface area contributed by atoms with E-state index in [1.165, 1.54) is 0 Å². The maximum absolute atomic E-state index is 12.4. The van der Waals surface area contributed by atoms with E-state index in [-0.39, 0.29) is 24.1 Å². The van der Waals surface area contributed by atoms with Gasteiger partial charge in [-0.2, -0.15) is 0 Å². The molecule has 1 fully saturated rings. The van der Waals surface area contributed by atoms with Gasteiger partial charge in [0.05, 0.1) is 18.6 Å². The zero-order chi connectivity index (χ0) is 17.5. The molecule has 0 N–H and O–H groups in total. The van der Waals surface area contributed by atoms with E-state index in [2.05, 4.69) is 0 Å². The van der Waals surface area contributed by atoms with E-state index in [9.17, 15) is 9.59 Å². The number of hydrogen-bond acceptors (Lipinski definition) is 5. The van der Waals surface area contributed by atoms with Crippen LogP contribution in [0.2, 0.25) is 0 Å². The second-order valence-electron chi connectivity index (χ2n) is 6.44. The molecular weight excluding hydrogens is 308 g/mol. The van der Waals surface area contributed by atoms with Crippen LogP contribution in [0.15, 0.2) is 24.3 Å². The van der Waals surface area contributed by atoms with E-state index in [4.69, 9.17) is 14.2 Å². The van der Waals surface area contributed by atoms with E-state index in [0.717, 1.165) is 32.1 Å². The van der Waals surface area contributed by atoms with Crippen molar-refractivity contribution in [2.75, 3.05) is 7.11 Å². The van der Waals surface area contributed by atoms with Crippen LogP contribution in [-0.2, 0) is 14.3 Å². The van der Waals surface area contributed by atoms with Crippen LogP contribution in [0, 0.1) is 5.92 Å². The van der Waals surface area contributed by atoms with E-state index in [1.54, 1.807) is 45.2 Å². The zero-order valence-corrected chi connectivity index (χ0v) is 14.6. The standard InChI is InChI=1S/C19H26O5/c1-13(2)18(20)23-16-7-5-4-6-8-17(16)24-19(21)14-9-11-15(22-3)12-10-14/h9-13,16-17H,4-8H2,1-3H3. The van der Waals surface area contributed by atoms with Crippen molar-refractivity contribution in [3.8, 4) is 5.75 Å². The van der Waals surface area contributed by atoms with Gasteiger partial charge in [-0.25, -0.2) is 4.79 Å².